The van der Waals surface area contributed by atoms with Gasteiger partial charge in [0, 0.05) is 13.2 Å². The molecule has 0 N–H and O–H groups in total. The average Bonchev–Trinajstić information content (AvgIpc) is 3.08. The molecule has 0 aromatic carbocycles. The number of thioether (sulfide) groups is 1. The van der Waals surface area contributed by atoms with Gasteiger partial charge in [-0.1, -0.05) is 17.8 Å². The van der Waals surface area contributed by atoms with Gasteiger partial charge in [0.25, 0.3) is 5.91 Å². The number of aliphatic carboxylic acids is 1. The van der Waals surface area contributed by atoms with Crippen molar-refractivity contribution in [3.8, 4) is 0 Å². The number of amides is 1. The van der Waals surface area contributed by atoms with E-state index < -0.39 is 37.4 Å². The Morgan fingerprint density at radius 2 is 2.07 bits per heavy atom. The molecular weight excluding hydrogens is 443 g/mol. The Morgan fingerprint density at radius 3 is 2.63 bits per heavy atom. The molecule has 0 saturated carbocycles. The summed E-state index contributed by atoms with van der Waals surface area (Å²) in [5, 5.41) is 21.3. The van der Waals surface area contributed by atoms with E-state index in [2.05, 4.69) is 20.5 Å². The van der Waals surface area contributed by atoms with E-state index in [1.165, 1.54) is 30.9 Å². The van der Waals surface area contributed by atoms with Gasteiger partial charge in [-0.3, -0.25) is 14.7 Å². The first kappa shape index (κ1) is 22.6. The zero-order valence-corrected chi connectivity index (χ0v) is 19.7. The van der Waals surface area contributed by atoms with Crippen LogP contribution in [0.2, 0.25) is 0 Å². The van der Waals surface area contributed by atoms with E-state index in [1.807, 2.05) is 0 Å². The molecule has 1 fully saturated rings. The molecule has 1 saturated heterocycles. The number of rotatable bonds is 4. The quantitative estimate of drug-likeness (QED) is 0.251. The van der Waals surface area contributed by atoms with Crippen molar-refractivity contribution >= 4 is 39.6 Å². The van der Waals surface area contributed by atoms with Gasteiger partial charge in [-0.2, -0.15) is 0 Å². The topological polar surface area (TPSA) is 151 Å². The Kier molecular flexibility index (Phi) is 6.20. The first-order valence-electron chi connectivity index (χ1n) is 8.23. The fraction of sp³-hybridized carbons (Fsp3) is 0.250. The van der Waals surface area contributed by atoms with Crippen LogP contribution in [-0.2, 0) is 26.5 Å². The molecule has 150 valence electrons. The summed E-state index contributed by atoms with van der Waals surface area (Å²) in [4.78, 5) is 29.2. The standard InChI is InChI=1S/C16H14N6O5S2.Na/c1-8-11(14(24)25)22-12(23)10(7-9-5-3-4-6-17-9)13(22)29(26,27)15(8)28-16-18-19-20-21(16)2;/h3-7,13,15H,1-2H3,(H,24,25);/q;+1/p-1/b10-7-;/t13-,15?;/m1./s1. The van der Waals surface area contributed by atoms with E-state index in [1.54, 1.807) is 18.2 Å². The summed E-state index contributed by atoms with van der Waals surface area (Å²) in [6, 6.07) is 4.97. The maximum absolute atomic E-state index is 13.3. The van der Waals surface area contributed by atoms with Crippen molar-refractivity contribution in [3.05, 3.63) is 46.9 Å². The van der Waals surface area contributed by atoms with Crippen LogP contribution in [0.1, 0.15) is 12.6 Å². The van der Waals surface area contributed by atoms with Crippen molar-refractivity contribution in [2.45, 2.75) is 22.0 Å². The predicted octanol–water partition coefficient (Wildman–Crippen LogP) is -4.27. The second-order valence-corrected chi connectivity index (χ2v) is 9.79. The molecule has 4 heterocycles. The fourth-order valence-electron chi connectivity index (χ4n) is 3.22. The summed E-state index contributed by atoms with van der Waals surface area (Å²) in [5.41, 5.74) is -0.162. The Morgan fingerprint density at radius 1 is 1.33 bits per heavy atom. The monoisotopic (exact) mass is 456 g/mol. The van der Waals surface area contributed by atoms with Crippen LogP contribution in [0.5, 0.6) is 0 Å². The van der Waals surface area contributed by atoms with E-state index in [-0.39, 0.29) is 45.9 Å². The number of tetrazole rings is 1. The van der Waals surface area contributed by atoms with Crippen LogP contribution in [0.25, 0.3) is 6.08 Å². The van der Waals surface area contributed by atoms with Crippen molar-refractivity contribution < 1.29 is 52.7 Å². The van der Waals surface area contributed by atoms with E-state index >= 15 is 0 Å². The van der Waals surface area contributed by atoms with Crippen molar-refractivity contribution in [1.82, 2.24) is 30.1 Å². The van der Waals surface area contributed by atoms with Crippen LogP contribution < -0.4 is 34.7 Å². The first-order chi connectivity index (χ1) is 13.7. The Labute approximate surface area is 197 Å². The number of pyridine rings is 1. The molecule has 2 aromatic heterocycles. The third-order valence-electron chi connectivity index (χ3n) is 4.52. The molecule has 2 aliphatic rings. The molecule has 2 aliphatic heterocycles. The maximum Gasteiger partial charge on any atom is 1.00 e. The van der Waals surface area contributed by atoms with Crippen molar-refractivity contribution in [1.29, 1.82) is 0 Å². The van der Waals surface area contributed by atoms with Crippen LogP contribution in [0.4, 0.5) is 0 Å². The molecule has 4 rings (SSSR count). The fourth-order valence-corrected chi connectivity index (χ4v) is 6.94. The summed E-state index contributed by atoms with van der Waals surface area (Å²) in [7, 11) is -2.53. The van der Waals surface area contributed by atoms with Crippen molar-refractivity contribution in [3.63, 3.8) is 0 Å². The Bertz CT molecular complexity index is 1190. The predicted molar refractivity (Wildman–Crippen MR) is 97.9 cm³/mol. The molecule has 0 spiro atoms. The number of aryl methyl sites for hydroxylation is 1. The van der Waals surface area contributed by atoms with Gasteiger partial charge in [-0.25, -0.2) is 13.1 Å². The molecule has 11 nitrogen and oxygen atoms in total. The summed E-state index contributed by atoms with van der Waals surface area (Å²) in [6.07, 6.45) is 2.85. The van der Waals surface area contributed by atoms with E-state index in [0.29, 0.717) is 5.69 Å². The molecule has 1 unspecified atom stereocenters. The van der Waals surface area contributed by atoms with Gasteiger partial charge < -0.3 is 9.90 Å². The summed E-state index contributed by atoms with van der Waals surface area (Å²) in [5.74, 6) is -2.35. The Balaban J connectivity index is 0.00000256. The third-order valence-corrected chi connectivity index (χ3v) is 8.78. The minimum atomic E-state index is -4.06. The zero-order valence-electron chi connectivity index (χ0n) is 16.1. The van der Waals surface area contributed by atoms with Gasteiger partial charge >= 0.3 is 29.6 Å². The van der Waals surface area contributed by atoms with Gasteiger partial charge in [0.2, 0.25) is 5.16 Å². The van der Waals surface area contributed by atoms with Crippen molar-refractivity contribution in [2.75, 3.05) is 0 Å². The number of fused-ring (bicyclic) bond motifs is 1. The first-order valence-corrected chi connectivity index (χ1v) is 10.7. The minimum Gasteiger partial charge on any atom is -0.543 e. The number of hydrogen-bond donors (Lipinski definition) is 0. The maximum atomic E-state index is 13.3. The molecule has 14 heteroatoms. The number of aromatic nitrogens is 5. The molecule has 0 bridgehead atoms. The smallest absolute Gasteiger partial charge is 0.543 e. The van der Waals surface area contributed by atoms with Gasteiger partial charge in [0.1, 0.15) is 4.58 Å². The largest absolute Gasteiger partial charge is 1.00 e. The molecule has 0 aliphatic carbocycles. The number of carbonyl (C=O) groups is 2. The molecule has 30 heavy (non-hydrogen) atoms. The van der Waals surface area contributed by atoms with Crippen molar-refractivity contribution in [2.24, 2.45) is 7.05 Å². The number of carbonyl (C=O) groups excluding carboxylic acids is 2. The second-order valence-electron chi connectivity index (χ2n) is 6.32. The van der Waals surface area contributed by atoms with Crippen LogP contribution in [0, 0.1) is 0 Å². The molecule has 2 atom stereocenters. The summed E-state index contributed by atoms with van der Waals surface area (Å²) in [6.45, 7) is 1.34. The number of carboxylic acid groups (broad SMARTS) is 1. The van der Waals surface area contributed by atoms with Gasteiger partial charge in [0.05, 0.1) is 22.9 Å². The van der Waals surface area contributed by atoms with Crippen LogP contribution in [-0.4, -0.2) is 60.3 Å². The summed E-state index contributed by atoms with van der Waals surface area (Å²) < 4.78 is 26.6. The molecule has 0 radical (unpaired) electrons. The number of sulfone groups is 1. The molecule has 2 aromatic rings. The van der Waals surface area contributed by atoms with E-state index in [9.17, 15) is 23.1 Å². The Hall–Kier alpha value is -2.06. The van der Waals surface area contributed by atoms with E-state index in [4.69, 9.17) is 0 Å². The number of hydrogen-bond acceptors (Lipinski definition) is 10. The van der Waals surface area contributed by atoms with Gasteiger partial charge in [-0.05, 0) is 41.1 Å². The number of nitrogens with zero attached hydrogens (tertiary/aromatic N) is 6. The number of carboxylic acids is 1. The molecule has 1 amide bonds. The average molecular weight is 456 g/mol. The minimum absolute atomic E-state index is 0. The summed E-state index contributed by atoms with van der Waals surface area (Å²) >= 11 is 0.792. The normalized spacial score (nSPS) is 23.6. The van der Waals surface area contributed by atoms with Crippen LogP contribution in [0.15, 0.2) is 46.4 Å². The number of β-lactam (4-membered cyclic amide) rings is 1. The van der Waals surface area contributed by atoms with Crippen LogP contribution >= 0.6 is 11.8 Å². The van der Waals surface area contributed by atoms with Gasteiger partial charge in [0.15, 0.2) is 15.2 Å². The third kappa shape index (κ3) is 3.50. The van der Waals surface area contributed by atoms with E-state index in [0.717, 1.165) is 16.7 Å². The SMILES string of the molecule is CC1=C(C(=O)[O-])N2C(=O)/C(=C/c3ccccn3)[C@H]2S(=O)(=O)C1Sc1nnnn1C.[Na+]. The molecular formula is C16H13N6NaO5S2. The van der Waals surface area contributed by atoms with Gasteiger partial charge in [-0.15, -0.1) is 5.10 Å². The van der Waals surface area contributed by atoms with Crippen LogP contribution in [0.3, 0.4) is 0 Å². The zero-order chi connectivity index (χ0) is 20.9. The second kappa shape index (κ2) is 8.23.